The molecule has 2 aromatic heterocycles. The number of benzene rings is 2. The van der Waals surface area contributed by atoms with E-state index in [1.165, 1.54) is 29.1 Å². The van der Waals surface area contributed by atoms with Crippen LogP contribution in [0.15, 0.2) is 58.1 Å². The highest BCUT2D eigenvalue weighted by Gasteiger charge is 2.30. The Balaban J connectivity index is 1.60. The van der Waals surface area contributed by atoms with Crippen molar-refractivity contribution in [2.45, 2.75) is 12.7 Å². The van der Waals surface area contributed by atoms with Crippen molar-refractivity contribution in [1.82, 2.24) is 19.7 Å². The Morgan fingerprint density at radius 3 is 2.54 bits per heavy atom. The van der Waals surface area contributed by atoms with Gasteiger partial charge in [0, 0.05) is 11.6 Å². The SMILES string of the molecule is O=c1c2ccc(F)cc2ncn1Cc1nc(-c2ccc(C(F)(F)F)cc2)no1. The number of fused-ring (bicyclic) bond motifs is 1. The third-order valence-electron chi connectivity index (χ3n) is 4.03. The van der Waals surface area contributed by atoms with Crippen LogP contribution in [0, 0.1) is 5.82 Å². The van der Waals surface area contributed by atoms with Gasteiger partial charge in [0.25, 0.3) is 5.56 Å². The van der Waals surface area contributed by atoms with Crippen LogP contribution in [0.25, 0.3) is 22.3 Å². The second kappa shape index (κ2) is 6.55. The van der Waals surface area contributed by atoms with E-state index in [1.807, 2.05) is 0 Å². The molecule has 2 heterocycles. The molecule has 0 N–H and O–H groups in total. The average molecular weight is 390 g/mol. The number of hydrogen-bond donors (Lipinski definition) is 0. The van der Waals surface area contributed by atoms with Crippen LogP contribution in [0.1, 0.15) is 11.5 Å². The van der Waals surface area contributed by atoms with E-state index in [-0.39, 0.29) is 29.2 Å². The lowest BCUT2D eigenvalue weighted by molar-refractivity contribution is -0.137. The van der Waals surface area contributed by atoms with Crippen molar-refractivity contribution in [2.75, 3.05) is 0 Å². The van der Waals surface area contributed by atoms with Crippen molar-refractivity contribution >= 4 is 10.9 Å². The van der Waals surface area contributed by atoms with Crippen LogP contribution in [0.5, 0.6) is 0 Å². The van der Waals surface area contributed by atoms with E-state index in [9.17, 15) is 22.4 Å². The van der Waals surface area contributed by atoms with Crippen molar-refractivity contribution < 1.29 is 22.1 Å². The molecule has 0 fully saturated rings. The minimum absolute atomic E-state index is 0.0697. The number of hydrogen-bond acceptors (Lipinski definition) is 5. The Labute approximate surface area is 154 Å². The van der Waals surface area contributed by atoms with E-state index >= 15 is 0 Å². The molecule has 4 aromatic rings. The Kier molecular flexibility index (Phi) is 4.17. The van der Waals surface area contributed by atoms with Gasteiger partial charge in [0.2, 0.25) is 11.7 Å². The average Bonchev–Trinajstić information content (AvgIpc) is 3.12. The van der Waals surface area contributed by atoms with E-state index < -0.39 is 23.1 Å². The van der Waals surface area contributed by atoms with Crippen LogP contribution in [0.4, 0.5) is 17.6 Å². The summed E-state index contributed by atoms with van der Waals surface area (Å²) >= 11 is 0. The zero-order valence-electron chi connectivity index (χ0n) is 13.9. The number of alkyl halides is 3. The quantitative estimate of drug-likeness (QED) is 0.499. The van der Waals surface area contributed by atoms with E-state index in [0.717, 1.165) is 24.3 Å². The first-order valence-corrected chi connectivity index (χ1v) is 7.96. The summed E-state index contributed by atoms with van der Waals surface area (Å²) in [7, 11) is 0. The van der Waals surface area contributed by atoms with Gasteiger partial charge < -0.3 is 4.52 Å². The molecule has 0 radical (unpaired) electrons. The van der Waals surface area contributed by atoms with Gasteiger partial charge >= 0.3 is 6.18 Å². The maximum Gasteiger partial charge on any atom is 0.416 e. The predicted octanol–water partition coefficient (Wildman–Crippen LogP) is 3.65. The Hall–Kier alpha value is -3.56. The first kappa shape index (κ1) is 17.8. The molecular weight excluding hydrogens is 380 g/mol. The maximum absolute atomic E-state index is 13.2. The molecule has 0 saturated carbocycles. The van der Waals surface area contributed by atoms with Crippen LogP contribution in [-0.2, 0) is 12.7 Å². The number of nitrogens with zero attached hydrogens (tertiary/aromatic N) is 4. The van der Waals surface area contributed by atoms with Gasteiger partial charge in [-0.05, 0) is 24.3 Å². The van der Waals surface area contributed by atoms with Crippen molar-refractivity contribution in [2.24, 2.45) is 0 Å². The lowest BCUT2D eigenvalue weighted by Crippen LogP contribution is -2.21. The highest BCUT2D eigenvalue weighted by molar-refractivity contribution is 5.77. The van der Waals surface area contributed by atoms with Gasteiger partial charge in [-0.1, -0.05) is 17.3 Å². The highest BCUT2D eigenvalue weighted by Crippen LogP contribution is 2.30. The fraction of sp³-hybridized carbons (Fsp3) is 0.111. The molecule has 2 aromatic carbocycles. The van der Waals surface area contributed by atoms with E-state index in [1.54, 1.807) is 0 Å². The first-order valence-electron chi connectivity index (χ1n) is 7.96. The molecule has 0 spiro atoms. The van der Waals surface area contributed by atoms with Crippen LogP contribution in [0.2, 0.25) is 0 Å². The van der Waals surface area contributed by atoms with E-state index in [2.05, 4.69) is 15.1 Å². The maximum atomic E-state index is 13.2. The van der Waals surface area contributed by atoms with Gasteiger partial charge in [0.1, 0.15) is 12.4 Å². The normalized spacial score (nSPS) is 11.9. The molecule has 0 atom stereocenters. The van der Waals surface area contributed by atoms with Gasteiger partial charge in [-0.2, -0.15) is 18.2 Å². The third-order valence-corrected chi connectivity index (χ3v) is 4.03. The summed E-state index contributed by atoms with van der Waals surface area (Å²) in [5.41, 5.74) is -0.649. The standard InChI is InChI=1S/C18H10F4N4O2/c19-12-5-6-13-14(7-12)23-9-26(17(13)27)8-15-24-16(25-28-15)10-1-3-11(4-2-10)18(20,21)22/h1-7,9H,8H2. The molecule has 4 rings (SSSR count). The molecule has 0 aliphatic rings. The summed E-state index contributed by atoms with van der Waals surface area (Å²) in [6, 6.07) is 7.94. The molecule has 0 unspecified atom stereocenters. The summed E-state index contributed by atoms with van der Waals surface area (Å²) in [5, 5.41) is 3.95. The summed E-state index contributed by atoms with van der Waals surface area (Å²) in [6.07, 6.45) is -3.21. The van der Waals surface area contributed by atoms with Crippen LogP contribution in [0.3, 0.4) is 0 Å². The minimum atomic E-state index is -4.44. The molecule has 10 heteroatoms. The zero-order valence-corrected chi connectivity index (χ0v) is 13.9. The lowest BCUT2D eigenvalue weighted by atomic mass is 10.1. The van der Waals surface area contributed by atoms with Crippen LogP contribution in [-0.4, -0.2) is 19.7 Å². The zero-order chi connectivity index (χ0) is 19.9. The van der Waals surface area contributed by atoms with Gasteiger partial charge in [-0.15, -0.1) is 0 Å². The topological polar surface area (TPSA) is 73.8 Å². The molecule has 142 valence electrons. The highest BCUT2D eigenvalue weighted by atomic mass is 19.4. The first-order chi connectivity index (χ1) is 13.3. The Morgan fingerprint density at radius 1 is 1.07 bits per heavy atom. The van der Waals surface area contributed by atoms with Crippen LogP contribution < -0.4 is 5.56 Å². The van der Waals surface area contributed by atoms with Gasteiger partial charge in [0.05, 0.1) is 22.8 Å². The summed E-state index contributed by atoms with van der Waals surface area (Å²) in [5.74, 6) is -0.344. The molecule has 0 aliphatic heterocycles. The molecule has 6 nitrogen and oxygen atoms in total. The molecule has 28 heavy (non-hydrogen) atoms. The fourth-order valence-electron chi connectivity index (χ4n) is 2.63. The van der Waals surface area contributed by atoms with E-state index in [4.69, 9.17) is 4.52 Å². The molecular formula is C18H10F4N4O2. The van der Waals surface area contributed by atoms with Crippen molar-refractivity contribution in [1.29, 1.82) is 0 Å². The minimum Gasteiger partial charge on any atom is -0.337 e. The Morgan fingerprint density at radius 2 is 1.82 bits per heavy atom. The molecule has 0 aliphatic carbocycles. The predicted molar refractivity (Wildman–Crippen MR) is 89.8 cm³/mol. The largest absolute Gasteiger partial charge is 0.416 e. The van der Waals surface area contributed by atoms with Crippen LogP contribution >= 0.6 is 0 Å². The van der Waals surface area contributed by atoms with Crippen molar-refractivity contribution in [3.8, 4) is 11.4 Å². The third kappa shape index (κ3) is 3.36. The Bertz CT molecular complexity index is 1210. The second-order valence-electron chi connectivity index (χ2n) is 5.93. The number of halogens is 4. The summed E-state index contributed by atoms with van der Waals surface area (Å²) < 4.78 is 57.4. The van der Waals surface area contributed by atoms with Gasteiger partial charge in [0.15, 0.2) is 0 Å². The molecule has 0 bridgehead atoms. The van der Waals surface area contributed by atoms with Gasteiger partial charge in [-0.25, -0.2) is 9.37 Å². The summed E-state index contributed by atoms with van der Waals surface area (Å²) in [6.45, 7) is -0.0905. The number of rotatable bonds is 3. The lowest BCUT2D eigenvalue weighted by Gasteiger charge is -2.05. The molecule has 0 saturated heterocycles. The van der Waals surface area contributed by atoms with Crippen molar-refractivity contribution in [3.63, 3.8) is 0 Å². The monoisotopic (exact) mass is 390 g/mol. The van der Waals surface area contributed by atoms with E-state index in [0.29, 0.717) is 5.56 Å². The smallest absolute Gasteiger partial charge is 0.337 e. The second-order valence-corrected chi connectivity index (χ2v) is 5.93. The summed E-state index contributed by atoms with van der Waals surface area (Å²) in [4.78, 5) is 20.6. The van der Waals surface area contributed by atoms with Crippen molar-refractivity contribution in [3.05, 3.63) is 76.4 Å². The molecule has 0 amide bonds. The number of aromatic nitrogens is 4. The van der Waals surface area contributed by atoms with Gasteiger partial charge in [-0.3, -0.25) is 9.36 Å². The fourth-order valence-corrected chi connectivity index (χ4v) is 2.63.